The minimum absolute atomic E-state index is 0.0448. The van der Waals surface area contributed by atoms with Gasteiger partial charge in [-0.05, 0) is 59.5 Å². The Labute approximate surface area is 113 Å². The van der Waals surface area contributed by atoms with Gasteiger partial charge >= 0.3 is 0 Å². The maximum absolute atomic E-state index is 12.9. The molecule has 1 saturated carbocycles. The quantitative estimate of drug-likeness (QED) is 0.817. The summed E-state index contributed by atoms with van der Waals surface area (Å²) < 4.78 is 13.5. The van der Waals surface area contributed by atoms with Crippen molar-refractivity contribution >= 4 is 28.5 Å². The molecule has 1 aromatic carbocycles. The van der Waals surface area contributed by atoms with Crippen molar-refractivity contribution in [1.29, 1.82) is 0 Å². The Kier molecular flexibility index (Phi) is 3.98. The third-order valence-corrected chi connectivity index (χ3v) is 3.83. The van der Waals surface area contributed by atoms with Gasteiger partial charge in [-0.15, -0.1) is 0 Å². The number of hydrogen-bond acceptors (Lipinski definition) is 2. The summed E-state index contributed by atoms with van der Waals surface area (Å²) in [5.74, 6) is 0.0160. The summed E-state index contributed by atoms with van der Waals surface area (Å²) in [5, 5.41) is 2.91. The van der Waals surface area contributed by atoms with Gasteiger partial charge in [0.2, 0.25) is 0 Å². The number of nitrogens with two attached hydrogens (primary N) is 1. The summed E-state index contributed by atoms with van der Waals surface area (Å²) in [6.45, 7) is 0.453. The Bertz CT molecular complexity index is 435. The highest BCUT2D eigenvalue weighted by atomic mass is 127. The first-order valence-corrected chi connectivity index (χ1v) is 6.65. The van der Waals surface area contributed by atoms with Crippen LogP contribution in [0.25, 0.3) is 0 Å². The molecule has 1 fully saturated rings. The predicted molar refractivity (Wildman–Crippen MR) is 72.1 cm³/mol. The monoisotopic (exact) mass is 348 g/mol. The summed E-state index contributed by atoms with van der Waals surface area (Å²) in [4.78, 5) is 12.0. The van der Waals surface area contributed by atoms with E-state index in [2.05, 4.69) is 5.32 Å². The van der Waals surface area contributed by atoms with Crippen molar-refractivity contribution in [2.24, 2.45) is 11.7 Å². The van der Waals surface area contributed by atoms with Gasteiger partial charge in [0.25, 0.3) is 5.91 Å². The molecule has 1 aromatic rings. The van der Waals surface area contributed by atoms with E-state index in [0.29, 0.717) is 21.6 Å². The van der Waals surface area contributed by atoms with Crippen molar-refractivity contribution in [1.82, 2.24) is 5.32 Å². The number of nitrogens with one attached hydrogen (secondary N) is 1. The van der Waals surface area contributed by atoms with E-state index in [1.165, 1.54) is 18.2 Å². The Hall–Kier alpha value is -0.690. The summed E-state index contributed by atoms with van der Waals surface area (Å²) in [7, 11) is 0. The zero-order valence-corrected chi connectivity index (χ0v) is 11.4. The molecule has 1 atom stereocenters. The molecule has 1 aliphatic carbocycles. The van der Waals surface area contributed by atoms with Crippen LogP contribution < -0.4 is 11.1 Å². The number of rotatable bonds is 4. The van der Waals surface area contributed by atoms with Gasteiger partial charge in [-0.2, -0.15) is 0 Å². The van der Waals surface area contributed by atoms with Crippen LogP contribution in [0.3, 0.4) is 0 Å². The Balaban J connectivity index is 2.08. The van der Waals surface area contributed by atoms with E-state index < -0.39 is 0 Å². The normalized spacial score (nSPS) is 16.6. The summed E-state index contributed by atoms with van der Waals surface area (Å²) in [5.41, 5.74) is 6.13. The maximum atomic E-state index is 12.9. The van der Waals surface area contributed by atoms with Crippen LogP contribution in [0.4, 0.5) is 4.39 Å². The smallest absolute Gasteiger partial charge is 0.252 e. The van der Waals surface area contributed by atoms with Crippen molar-refractivity contribution in [3.63, 3.8) is 0 Å². The molecule has 0 aromatic heterocycles. The van der Waals surface area contributed by atoms with Gasteiger partial charge < -0.3 is 11.1 Å². The summed E-state index contributed by atoms with van der Waals surface area (Å²) in [6, 6.07) is 4.20. The maximum Gasteiger partial charge on any atom is 0.252 e. The van der Waals surface area contributed by atoms with Crippen LogP contribution in [-0.2, 0) is 0 Å². The van der Waals surface area contributed by atoms with Crippen LogP contribution in [0.5, 0.6) is 0 Å². The van der Waals surface area contributed by atoms with Crippen LogP contribution in [0.1, 0.15) is 23.2 Å². The van der Waals surface area contributed by atoms with E-state index in [9.17, 15) is 9.18 Å². The van der Waals surface area contributed by atoms with Crippen LogP contribution >= 0.6 is 22.6 Å². The van der Waals surface area contributed by atoms with Crippen LogP contribution in [0, 0.1) is 15.3 Å². The van der Waals surface area contributed by atoms with Crippen LogP contribution in [0.15, 0.2) is 18.2 Å². The van der Waals surface area contributed by atoms with E-state index in [4.69, 9.17) is 5.73 Å². The molecular formula is C12H14FIN2O. The highest BCUT2D eigenvalue weighted by molar-refractivity contribution is 14.1. The van der Waals surface area contributed by atoms with E-state index in [-0.39, 0.29) is 17.8 Å². The van der Waals surface area contributed by atoms with Gasteiger partial charge in [-0.25, -0.2) is 4.39 Å². The van der Waals surface area contributed by atoms with Crippen molar-refractivity contribution < 1.29 is 9.18 Å². The standard InChI is InChI=1S/C12H14FIN2O/c13-8-3-4-9(10(14)5-8)12(17)16-11(6-15)7-1-2-7/h3-5,7,11H,1-2,6,15H2,(H,16,17). The zero-order chi connectivity index (χ0) is 12.4. The van der Waals surface area contributed by atoms with Gasteiger partial charge in [0, 0.05) is 16.2 Å². The third kappa shape index (κ3) is 3.16. The van der Waals surface area contributed by atoms with Crippen LogP contribution in [-0.4, -0.2) is 18.5 Å². The molecular weight excluding hydrogens is 334 g/mol. The Morgan fingerprint density at radius 1 is 1.59 bits per heavy atom. The number of benzene rings is 1. The number of halogens is 2. The van der Waals surface area contributed by atoms with Gasteiger partial charge in [-0.1, -0.05) is 0 Å². The highest BCUT2D eigenvalue weighted by Gasteiger charge is 2.31. The van der Waals surface area contributed by atoms with Crippen molar-refractivity contribution in [3.8, 4) is 0 Å². The lowest BCUT2D eigenvalue weighted by atomic mass is 10.1. The first-order chi connectivity index (χ1) is 8.11. The van der Waals surface area contributed by atoms with E-state index >= 15 is 0 Å². The molecule has 17 heavy (non-hydrogen) atoms. The molecule has 2 rings (SSSR count). The Morgan fingerprint density at radius 2 is 2.29 bits per heavy atom. The van der Waals surface area contributed by atoms with E-state index in [1.807, 2.05) is 22.6 Å². The summed E-state index contributed by atoms with van der Waals surface area (Å²) in [6.07, 6.45) is 2.26. The predicted octanol–water partition coefficient (Wildman–Crippen LogP) is 1.90. The van der Waals surface area contributed by atoms with Crippen molar-refractivity contribution in [2.75, 3.05) is 6.54 Å². The SMILES string of the molecule is NCC(NC(=O)c1ccc(F)cc1I)C1CC1. The molecule has 0 radical (unpaired) electrons. The fraction of sp³-hybridized carbons (Fsp3) is 0.417. The molecule has 0 spiro atoms. The topological polar surface area (TPSA) is 55.1 Å². The zero-order valence-electron chi connectivity index (χ0n) is 9.25. The molecule has 0 heterocycles. The molecule has 0 saturated heterocycles. The van der Waals surface area contributed by atoms with Gasteiger partial charge in [0.05, 0.1) is 5.56 Å². The summed E-state index contributed by atoms with van der Waals surface area (Å²) >= 11 is 1.96. The average molecular weight is 348 g/mol. The fourth-order valence-corrected chi connectivity index (χ4v) is 2.51. The average Bonchev–Trinajstić information content (AvgIpc) is 3.09. The first kappa shape index (κ1) is 12.8. The minimum Gasteiger partial charge on any atom is -0.348 e. The molecule has 1 unspecified atom stereocenters. The lowest BCUT2D eigenvalue weighted by Crippen LogP contribution is -2.42. The molecule has 92 valence electrons. The molecule has 3 N–H and O–H groups in total. The van der Waals surface area contributed by atoms with Gasteiger partial charge in [0.15, 0.2) is 0 Å². The molecule has 1 aliphatic rings. The molecule has 0 bridgehead atoms. The number of carbonyl (C=O) groups excluding carboxylic acids is 1. The second kappa shape index (κ2) is 5.30. The molecule has 5 heteroatoms. The molecule has 1 amide bonds. The number of hydrogen-bond donors (Lipinski definition) is 2. The van der Waals surface area contributed by atoms with Gasteiger partial charge in [-0.3, -0.25) is 4.79 Å². The number of carbonyl (C=O) groups is 1. The largest absolute Gasteiger partial charge is 0.348 e. The lowest BCUT2D eigenvalue weighted by molar-refractivity contribution is 0.0932. The van der Waals surface area contributed by atoms with Gasteiger partial charge in [0.1, 0.15) is 5.82 Å². The molecule has 0 aliphatic heterocycles. The second-order valence-electron chi connectivity index (χ2n) is 4.28. The minimum atomic E-state index is -0.330. The fourth-order valence-electron chi connectivity index (χ4n) is 1.79. The lowest BCUT2D eigenvalue weighted by Gasteiger charge is -2.16. The third-order valence-electron chi connectivity index (χ3n) is 2.94. The highest BCUT2D eigenvalue weighted by Crippen LogP contribution is 2.32. The number of amides is 1. The van der Waals surface area contributed by atoms with E-state index in [1.54, 1.807) is 0 Å². The van der Waals surface area contributed by atoms with E-state index in [0.717, 1.165) is 12.8 Å². The van der Waals surface area contributed by atoms with Crippen molar-refractivity contribution in [2.45, 2.75) is 18.9 Å². The second-order valence-corrected chi connectivity index (χ2v) is 5.44. The van der Waals surface area contributed by atoms with Crippen molar-refractivity contribution in [3.05, 3.63) is 33.1 Å². The van der Waals surface area contributed by atoms with Crippen LogP contribution in [0.2, 0.25) is 0 Å². The first-order valence-electron chi connectivity index (χ1n) is 5.58. The Morgan fingerprint density at radius 3 is 2.82 bits per heavy atom. The molecule has 3 nitrogen and oxygen atoms in total.